The summed E-state index contributed by atoms with van der Waals surface area (Å²) in [7, 11) is 0. The average molecular weight is 296 g/mol. The van der Waals surface area contributed by atoms with Crippen LogP contribution in [-0.4, -0.2) is 36.7 Å². The fraction of sp³-hybridized carbons (Fsp3) is 0.474. The Morgan fingerprint density at radius 1 is 1.14 bits per heavy atom. The van der Waals surface area contributed by atoms with E-state index in [0.29, 0.717) is 0 Å². The lowest BCUT2D eigenvalue weighted by Crippen LogP contribution is -2.42. The molecule has 2 aromatic carbocycles. The summed E-state index contributed by atoms with van der Waals surface area (Å²) in [5.74, 6) is 1.13. The summed E-state index contributed by atoms with van der Waals surface area (Å²) in [5.41, 5.74) is 7.03. The van der Waals surface area contributed by atoms with Crippen molar-refractivity contribution < 1.29 is 4.74 Å². The van der Waals surface area contributed by atoms with Crippen molar-refractivity contribution in [3.63, 3.8) is 0 Å². The summed E-state index contributed by atoms with van der Waals surface area (Å²) in [6.07, 6.45) is 4.48. The third-order valence-electron chi connectivity index (χ3n) is 5.20. The van der Waals surface area contributed by atoms with Gasteiger partial charge in [-0.05, 0) is 43.3 Å². The molecule has 2 heterocycles. The molecule has 116 valence electrons. The first-order chi connectivity index (χ1) is 10.8. The molecular formula is C19H24N2O. The van der Waals surface area contributed by atoms with Gasteiger partial charge in [-0.2, -0.15) is 0 Å². The van der Waals surface area contributed by atoms with Gasteiger partial charge in [-0.1, -0.05) is 36.4 Å². The van der Waals surface area contributed by atoms with E-state index in [1.807, 2.05) is 0 Å². The third kappa shape index (κ3) is 2.38. The molecule has 1 fully saturated rings. The van der Waals surface area contributed by atoms with Crippen molar-refractivity contribution in [2.75, 3.05) is 26.2 Å². The molecule has 0 radical (unpaired) electrons. The number of rotatable bonds is 3. The Morgan fingerprint density at radius 2 is 2.05 bits per heavy atom. The SMILES string of the molecule is NCCCN1CCC2(CCc3ccc4ccccc4c3O2)C1. The van der Waals surface area contributed by atoms with Gasteiger partial charge in [0, 0.05) is 24.9 Å². The van der Waals surface area contributed by atoms with E-state index >= 15 is 0 Å². The Balaban J connectivity index is 1.62. The van der Waals surface area contributed by atoms with Crippen LogP contribution in [0.2, 0.25) is 0 Å². The number of aryl methyl sites for hydroxylation is 1. The van der Waals surface area contributed by atoms with Crippen LogP contribution in [0, 0.1) is 0 Å². The van der Waals surface area contributed by atoms with Crippen LogP contribution in [-0.2, 0) is 6.42 Å². The van der Waals surface area contributed by atoms with Gasteiger partial charge in [-0.25, -0.2) is 0 Å². The van der Waals surface area contributed by atoms with E-state index in [1.54, 1.807) is 0 Å². The molecule has 1 saturated heterocycles. The molecule has 3 heteroatoms. The van der Waals surface area contributed by atoms with Gasteiger partial charge in [0.1, 0.15) is 11.4 Å². The minimum Gasteiger partial charge on any atom is -0.485 e. The van der Waals surface area contributed by atoms with E-state index in [1.165, 1.54) is 16.3 Å². The van der Waals surface area contributed by atoms with Gasteiger partial charge in [0.15, 0.2) is 0 Å². The minimum atomic E-state index is 0.0196. The second-order valence-electron chi connectivity index (χ2n) is 6.73. The van der Waals surface area contributed by atoms with Crippen molar-refractivity contribution in [3.8, 4) is 5.75 Å². The zero-order valence-electron chi connectivity index (χ0n) is 13.1. The van der Waals surface area contributed by atoms with Crippen LogP contribution in [0.1, 0.15) is 24.8 Å². The lowest BCUT2D eigenvalue weighted by atomic mass is 9.89. The molecule has 2 N–H and O–H groups in total. The first-order valence-electron chi connectivity index (χ1n) is 8.42. The van der Waals surface area contributed by atoms with Crippen LogP contribution in [0.25, 0.3) is 10.8 Å². The summed E-state index contributed by atoms with van der Waals surface area (Å²) in [4.78, 5) is 2.52. The third-order valence-corrected chi connectivity index (χ3v) is 5.20. The van der Waals surface area contributed by atoms with Crippen molar-refractivity contribution in [2.45, 2.75) is 31.3 Å². The van der Waals surface area contributed by atoms with Gasteiger partial charge in [0.2, 0.25) is 0 Å². The molecule has 0 saturated carbocycles. The van der Waals surface area contributed by atoms with Gasteiger partial charge >= 0.3 is 0 Å². The molecular weight excluding hydrogens is 272 g/mol. The monoisotopic (exact) mass is 296 g/mol. The average Bonchev–Trinajstić information content (AvgIpc) is 2.95. The fourth-order valence-corrected chi connectivity index (χ4v) is 3.96. The molecule has 4 rings (SSSR count). The number of benzene rings is 2. The second kappa shape index (κ2) is 5.56. The fourth-order valence-electron chi connectivity index (χ4n) is 3.96. The number of nitrogens with zero attached hydrogens (tertiary/aromatic N) is 1. The molecule has 1 spiro atoms. The summed E-state index contributed by atoms with van der Waals surface area (Å²) < 4.78 is 6.63. The van der Waals surface area contributed by atoms with Crippen LogP contribution in [0.4, 0.5) is 0 Å². The van der Waals surface area contributed by atoms with E-state index < -0.39 is 0 Å². The first-order valence-corrected chi connectivity index (χ1v) is 8.42. The molecule has 0 amide bonds. The number of nitrogens with two attached hydrogens (primary N) is 1. The van der Waals surface area contributed by atoms with Crippen LogP contribution >= 0.6 is 0 Å². The highest BCUT2D eigenvalue weighted by molar-refractivity contribution is 5.89. The quantitative estimate of drug-likeness (QED) is 0.946. The number of hydrogen-bond acceptors (Lipinski definition) is 3. The minimum absolute atomic E-state index is 0.0196. The molecule has 22 heavy (non-hydrogen) atoms. The Kier molecular flexibility index (Phi) is 3.55. The highest BCUT2D eigenvalue weighted by Gasteiger charge is 2.42. The lowest BCUT2D eigenvalue weighted by Gasteiger charge is -2.36. The van der Waals surface area contributed by atoms with Gasteiger partial charge < -0.3 is 10.5 Å². The Hall–Kier alpha value is -1.58. The molecule has 0 aromatic heterocycles. The van der Waals surface area contributed by atoms with E-state index in [0.717, 1.165) is 57.6 Å². The van der Waals surface area contributed by atoms with Crippen LogP contribution in [0.3, 0.4) is 0 Å². The van der Waals surface area contributed by atoms with Gasteiger partial charge in [0.05, 0.1) is 0 Å². The molecule has 2 aliphatic heterocycles. The van der Waals surface area contributed by atoms with E-state index in [9.17, 15) is 0 Å². The zero-order chi connectivity index (χ0) is 15.0. The summed E-state index contributed by atoms with van der Waals surface area (Å²) in [6, 6.07) is 13.0. The van der Waals surface area contributed by atoms with Gasteiger partial charge in [0.25, 0.3) is 0 Å². The largest absolute Gasteiger partial charge is 0.485 e. The Morgan fingerprint density at radius 3 is 2.95 bits per heavy atom. The number of ether oxygens (including phenoxy) is 1. The lowest BCUT2D eigenvalue weighted by molar-refractivity contribution is 0.0564. The van der Waals surface area contributed by atoms with Gasteiger partial charge in [-0.15, -0.1) is 0 Å². The predicted octanol–water partition coefficient (Wildman–Crippen LogP) is 2.96. The Bertz CT molecular complexity index is 684. The summed E-state index contributed by atoms with van der Waals surface area (Å²) in [6.45, 7) is 4.07. The highest BCUT2D eigenvalue weighted by Crippen LogP contribution is 2.42. The highest BCUT2D eigenvalue weighted by atomic mass is 16.5. The molecule has 1 atom stereocenters. The molecule has 0 aliphatic carbocycles. The number of fused-ring (bicyclic) bond motifs is 3. The number of likely N-dealkylation sites (tertiary alicyclic amines) is 1. The van der Waals surface area contributed by atoms with E-state index in [2.05, 4.69) is 41.3 Å². The van der Waals surface area contributed by atoms with Crippen LogP contribution < -0.4 is 10.5 Å². The van der Waals surface area contributed by atoms with Crippen molar-refractivity contribution >= 4 is 10.8 Å². The maximum Gasteiger partial charge on any atom is 0.131 e. The summed E-state index contributed by atoms with van der Waals surface area (Å²) in [5, 5.41) is 2.54. The van der Waals surface area contributed by atoms with E-state index in [-0.39, 0.29) is 5.60 Å². The maximum absolute atomic E-state index is 6.63. The second-order valence-corrected chi connectivity index (χ2v) is 6.73. The summed E-state index contributed by atoms with van der Waals surface area (Å²) >= 11 is 0. The topological polar surface area (TPSA) is 38.5 Å². The first kappa shape index (κ1) is 14.0. The zero-order valence-corrected chi connectivity index (χ0v) is 13.1. The smallest absolute Gasteiger partial charge is 0.131 e. The van der Waals surface area contributed by atoms with Gasteiger partial charge in [-0.3, -0.25) is 4.90 Å². The van der Waals surface area contributed by atoms with Crippen molar-refractivity contribution in [3.05, 3.63) is 42.0 Å². The van der Waals surface area contributed by atoms with Crippen LogP contribution in [0.5, 0.6) is 5.75 Å². The molecule has 2 aromatic rings. The number of hydrogen-bond donors (Lipinski definition) is 1. The maximum atomic E-state index is 6.63. The van der Waals surface area contributed by atoms with E-state index in [4.69, 9.17) is 10.5 Å². The standard InChI is InChI=1S/C19H24N2O/c20-11-3-12-21-13-10-19(14-21)9-8-16-7-6-15-4-1-2-5-17(15)18(16)22-19/h1-2,4-7H,3,8-14,20H2. The predicted molar refractivity (Wildman–Crippen MR) is 90.4 cm³/mol. The van der Waals surface area contributed by atoms with Crippen molar-refractivity contribution in [1.29, 1.82) is 0 Å². The molecule has 1 unspecified atom stereocenters. The van der Waals surface area contributed by atoms with Crippen molar-refractivity contribution in [2.24, 2.45) is 5.73 Å². The molecule has 2 aliphatic rings. The van der Waals surface area contributed by atoms with Crippen molar-refractivity contribution in [1.82, 2.24) is 4.90 Å². The normalized spacial score (nSPS) is 24.6. The van der Waals surface area contributed by atoms with Crippen LogP contribution in [0.15, 0.2) is 36.4 Å². The molecule has 0 bridgehead atoms. The molecule has 3 nitrogen and oxygen atoms in total. The Labute approximate surface area is 132 Å².